The van der Waals surface area contributed by atoms with Crippen LogP contribution in [0.3, 0.4) is 0 Å². The van der Waals surface area contributed by atoms with Gasteiger partial charge in [0.1, 0.15) is 29.0 Å². The summed E-state index contributed by atoms with van der Waals surface area (Å²) in [5.74, 6) is 3.51. The Bertz CT molecular complexity index is 1360. The van der Waals surface area contributed by atoms with Gasteiger partial charge >= 0.3 is 0 Å². The van der Waals surface area contributed by atoms with Crippen molar-refractivity contribution in [3.8, 4) is 17.4 Å². The number of nitrogens with zero attached hydrogens (tertiary/aromatic N) is 6. The summed E-state index contributed by atoms with van der Waals surface area (Å²) < 4.78 is 37.3. The molecule has 10 nitrogen and oxygen atoms in total. The molecule has 0 aliphatic carbocycles. The molecule has 0 aliphatic rings. The molecule has 3 aromatic heterocycles. The lowest BCUT2D eigenvalue weighted by Crippen LogP contribution is -2.13. The van der Waals surface area contributed by atoms with Crippen LogP contribution in [0.15, 0.2) is 53.9 Å². The average Bonchev–Trinajstić information content (AvgIpc) is 3.34. The van der Waals surface area contributed by atoms with Gasteiger partial charge in [-0.2, -0.15) is 13.4 Å². The highest BCUT2D eigenvalue weighted by Crippen LogP contribution is 2.24. The number of sulfonamides is 1. The molecular weight excluding hydrogens is 430 g/mol. The van der Waals surface area contributed by atoms with Crippen molar-refractivity contribution in [2.45, 2.75) is 39.3 Å². The van der Waals surface area contributed by atoms with Crippen LogP contribution in [0.5, 0.6) is 11.6 Å². The molecule has 0 saturated carbocycles. The van der Waals surface area contributed by atoms with Crippen LogP contribution >= 0.6 is 0 Å². The molecule has 0 unspecified atom stereocenters. The molecule has 3 heterocycles. The highest BCUT2D eigenvalue weighted by Gasteiger charge is 2.19. The van der Waals surface area contributed by atoms with Gasteiger partial charge in [-0.15, -0.1) is 0 Å². The zero-order valence-corrected chi connectivity index (χ0v) is 19.0. The Morgan fingerprint density at radius 1 is 1.03 bits per heavy atom. The number of hydrogen-bond donors (Lipinski definition) is 1. The minimum Gasteiger partial charge on any atom is -0.439 e. The average molecular weight is 454 g/mol. The molecule has 0 atom stereocenters. The van der Waals surface area contributed by atoms with E-state index in [0.717, 1.165) is 5.82 Å². The molecular formula is C21H23N7O3S. The van der Waals surface area contributed by atoms with Gasteiger partial charge in [0.15, 0.2) is 5.03 Å². The van der Waals surface area contributed by atoms with E-state index in [-0.39, 0.29) is 5.03 Å². The monoisotopic (exact) mass is 453 g/mol. The summed E-state index contributed by atoms with van der Waals surface area (Å²) in [6.45, 7) is 8.00. The fourth-order valence-corrected chi connectivity index (χ4v) is 4.24. The van der Waals surface area contributed by atoms with Gasteiger partial charge in [0, 0.05) is 36.9 Å². The van der Waals surface area contributed by atoms with E-state index in [1.165, 1.54) is 6.20 Å². The topological polar surface area (TPSA) is 117 Å². The fourth-order valence-electron chi connectivity index (χ4n) is 3.17. The lowest BCUT2D eigenvalue weighted by Gasteiger charge is -2.10. The van der Waals surface area contributed by atoms with Crippen LogP contribution in [0.1, 0.15) is 24.4 Å². The Morgan fingerprint density at radius 2 is 1.78 bits per heavy atom. The largest absolute Gasteiger partial charge is 0.439 e. The quantitative estimate of drug-likeness (QED) is 0.456. The van der Waals surface area contributed by atoms with Gasteiger partial charge in [-0.25, -0.2) is 15.0 Å². The van der Waals surface area contributed by atoms with Gasteiger partial charge in [-0.3, -0.25) is 9.29 Å². The number of aromatic nitrogens is 6. The molecule has 0 aliphatic heterocycles. The van der Waals surface area contributed by atoms with Crippen LogP contribution in [0.4, 0.5) is 5.69 Å². The Hall–Kier alpha value is -3.73. The summed E-state index contributed by atoms with van der Waals surface area (Å²) in [5, 5.41) is -0.0176. The number of hydrogen-bond acceptors (Lipinski definition) is 7. The first-order valence-electron chi connectivity index (χ1n) is 9.95. The van der Waals surface area contributed by atoms with Crippen molar-refractivity contribution in [2.24, 2.45) is 0 Å². The first-order valence-corrected chi connectivity index (χ1v) is 11.4. The minimum atomic E-state index is -3.79. The molecule has 4 rings (SSSR count). The zero-order chi connectivity index (χ0) is 22.9. The summed E-state index contributed by atoms with van der Waals surface area (Å²) in [7, 11) is -3.79. The molecule has 0 radical (unpaired) electrons. The summed E-state index contributed by atoms with van der Waals surface area (Å²) in [6.07, 6.45) is 5.03. The predicted octanol–water partition coefficient (Wildman–Crippen LogP) is 3.40. The number of aryl methyl sites for hydroxylation is 4. The van der Waals surface area contributed by atoms with Crippen molar-refractivity contribution in [3.63, 3.8) is 0 Å². The first-order chi connectivity index (χ1) is 15.2. The Morgan fingerprint density at radius 3 is 2.41 bits per heavy atom. The minimum absolute atomic E-state index is 0.0176. The van der Waals surface area contributed by atoms with E-state index >= 15 is 0 Å². The molecule has 1 aromatic carbocycles. The number of rotatable bonds is 7. The normalized spacial score (nSPS) is 11.5. The molecule has 32 heavy (non-hydrogen) atoms. The van der Waals surface area contributed by atoms with Gasteiger partial charge in [0.25, 0.3) is 10.0 Å². The number of anilines is 1. The summed E-state index contributed by atoms with van der Waals surface area (Å²) in [5.41, 5.74) is 0.398. The lowest BCUT2D eigenvalue weighted by atomic mass is 10.3. The van der Waals surface area contributed by atoms with E-state index in [2.05, 4.69) is 24.7 Å². The second kappa shape index (κ2) is 8.42. The Kier molecular flexibility index (Phi) is 5.66. The van der Waals surface area contributed by atoms with Gasteiger partial charge < -0.3 is 9.30 Å². The van der Waals surface area contributed by atoms with Crippen molar-refractivity contribution < 1.29 is 13.2 Å². The van der Waals surface area contributed by atoms with E-state index in [4.69, 9.17) is 4.74 Å². The Labute approximate surface area is 186 Å². The third-order valence-corrected chi connectivity index (χ3v) is 6.02. The lowest BCUT2D eigenvalue weighted by molar-refractivity contribution is 0.459. The predicted molar refractivity (Wildman–Crippen MR) is 119 cm³/mol. The standard InChI is InChI=1S/C21H23N7O3S/c1-5-27-13-21(25-16(27)4)32(29,30)26-17-6-8-18(9-7-17)31-20-12-19(23-14(2)24-20)28-11-10-22-15(28)3/h6-13,26H,5H2,1-4H3. The van der Waals surface area contributed by atoms with Gasteiger partial charge in [0.2, 0.25) is 5.88 Å². The van der Waals surface area contributed by atoms with Crippen LogP contribution in [0.25, 0.3) is 5.82 Å². The molecule has 4 aromatic rings. The molecule has 11 heteroatoms. The van der Waals surface area contributed by atoms with Crippen LogP contribution in [-0.2, 0) is 16.6 Å². The number of imidazole rings is 2. The van der Waals surface area contributed by atoms with Gasteiger partial charge in [0.05, 0.1) is 0 Å². The molecule has 0 bridgehead atoms. The highest BCUT2D eigenvalue weighted by molar-refractivity contribution is 7.92. The summed E-state index contributed by atoms with van der Waals surface area (Å²) >= 11 is 0. The van der Waals surface area contributed by atoms with Crippen LogP contribution in [0.2, 0.25) is 0 Å². The number of ether oxygens (including phenoxy) is 1. The van der Waals surface area contributed by atoms with Crippen molar-refractivity contribution >= 4 is 15.7 Å². The molecule has 0 fully saturated rings. The first kappa shape index (κ1) is 21.5. The zero-order valence-electron chi connectivity index (χ0n) is 18.1. The van der Waals surface area contributed by atoms with Crippen molar-refractivity contribution in [2.75, 3.05) is 4.72 Å². The Balaban J connectivity index is 1.51. The van der Waals surface area contributed by atoms with Gasteiger partial charge in [-0.05, 0) is 52.0 Å². The summed E-state index contributed by atoms with van der Waals surface area (Å²) in [6, 6.07) is 8.27. The molecule has 0 saturated heterocycles. The maximum absolute atomic E-state index is 12.6. The van der Waals surface area contributed by atoms with E-state index in [9.17, 15) is 8.42 Å². The van der Waals surface area contributed by atoms with Crippen LogP contribution in [-0.4, -0.2) is 37.5 Å². The molecule has 1 N–H and O–H groups in total. The van der Waals surface area contributed by atoms with Crippen LogP contribution in [0, 0.1) is 20.8 Å². The molecule has 166 valence electrons. The van der Waals surface area contributed by atoms with Crippen molar-refractivity contribution in [1.82, 2.24) is 29.1 Å². The second-order valence-corrected chi connectivity index (χ2v) is 8.73. The SMILES string of the molecule is CCn1cc(S(=O)(=O)Nc2ccc(Oc3cc(-n4ccnc4C)nc(C)n3)cc2)nc1C. The van der Waals surface area contributed by atoms with E-state index in [1.807, 2.05) is 24.6 Å². The van der Waals surface area contributed by atoms with Crippen LogP contribution < -0.4 is 9.46 Å². The van der Waals surface area contributed by atoms with Crippen molar-refractivity contribution in [3.05, 3.63) is 66.4 Å². The third kappa shape index (κ3) is 4.47. The maximum Gasteiger partial charge on any atom is 0.280 e. The third-order valence-electron chi connectivity index (χ3n) is 4.77. The summed E-state index contributed by atoms with van der Waals surface area (Å²) in [4.78, 5) is 17.1. The number of nitrogens with one attached hydrogen (secondary N) is 1. The van der Waals surface area contributed by atoms with Gasteiger partial charge in [-0.1, -0.05) is 0 Å². The molecule has 0 amide bonds. The molecule has 0 spiro atoms. The fraction of sp³-hybridized carbons (Fsp3) is 0.238. The smallest absolute Gasteiger partial charge is 0.280 e. The second-order valence-electron chi connectivity index (χ2n) is 7.10. The van der Waals surface area contributed by atoms with E-state index < -0.39 is 10.0 Å². The van der Waals surface area contributed by atoms with Crippen molar-refractivity contribution in [1.29, 1.82) is 0 Å². The van der Waals surface area contributed by atoms with E-state index in [1.54, 1.807) is 54.9 Å². The highest BCUT2D eigenvalue weighted by atomic mass is 32.2. The van der Waals surface area contributed by atoms with E-state index in [0.29, 0.717) is 41.3 Å². The maximum atomic E-state index is 12.6. The number of benzene rings is 1.